The third-order valence-electron chi connectivity index (χ3n) is 14.4. The number of hydrogen-bond acceptors (Lipinski definition) is 8. The van der Waals surface area contributed by atoms with Crippen LogP contribution in [0.15, 0.2) is 182 Å². The summed E-state index contributed by atoms with van der Waals surface area (Å²) in [6.45, 7) is 8.01. The van der Waals surface area contributed by atoms with Crippen molar-refractivity contribution in [3.63, 3.8) is 0 Å². The Balaban J connectivity index is 1.14. The Bertz CT molecular complexity index is 3800. The van der Waals surface area contributed by atoms with Gasteiger partial charge in [-0.25, -0.2) is 19.2 Å². The molecule has 8 aromatic heterocycles. The predicted molar refractivity (Wildman–Crippen MR) is 276 cm³/mol. The van der Waals surface area contributed by atoms with E-state index in [1.165, 1.54) is 0 Å². The third-order valence-corrected chi connectivity index (χ3v) is 14.4. The molecule has 0 saturated carbocycles. The highest BCUT2D eigenvalue weighted by Crippen LogP contribution is 2.44. The Morgan fingerprint density at radius 1 is 0.278 bits per heavy atom. The Morgan fingerprint density at radius 2 is 0.472 bits per heavy atom. The van der Waals surface area contributed by atoms with E-state index < -0.39 is 46.2 Å². The molecule has 0 fully saturated rings. The van der Waals surface area contributed by atoms with Crippen LogP contribution in [0.2, 0.25) is 0 Å². The maximum Gasteiger partial charge on any atom is 0.336 e. The maximum absolute atomic E-state index is 13.6. The van der Waals surface area contributed by atoms with Crippen LogP contribution >= 0.6 is 0 Å². The van der Waals surface area contributed by atoms with Crippen LogP contribution in [0.5, 0.6) is 0 Å². The molecule has 0 atom stereocenters. The van der Waals surface area contributed by atoms with Crippen molar-refractivity contribution < 1.29 is 17.7 Å². The lowest BCUT2D eigenvalue weighted by atomic mass is 9.89. The summed E-state index contributed by atoms with van der Waals surface area (Å²) >= 11 is 0. The van der Waals surface area contributed by atoms with E-state index in [0.29, 0.717) is 44.6 Å². The van der Waals surface area contributed by atoms with Gasteiger partial charge in [0.15, 0.2) is 0 Å². The molecule has 0 amide bonds. The molecule has 0 unspecified atom stereocenters. The molecule has 1 aliphatic heterocycles. The second-order valence-electron chi connectivity index (χ2n) is 19.3. The van der Waals surface area contributed by atoms with E-state index in [1.54, 1.807) is 24.3 Å². The molecule has 12 nitrogen and oxygen atoms in total. The molecule has 352 valence electrons. The minimum atomic E-state index is -0.584. The molecule has 1 aliphatic rings. The minimum absolute atomic E-state index is 0.451. The van der Waals surface area contributed by atoms with Gasteiger partial charge in [-0.05, 0) is 147 Å². The second kappa shape index (κ2) is 16.2. The third kappa shape index (κ3) is 7.13. The van der Waals surface area contributed by atoms with E-state index in [4.69, 9.17) is 17.7 Å². The molecular formula is C60H44N4O8. The highest BCUT2D eigenvalue weighted by Gasteiger charge is 2.33. The van der Waals surface area contributed by atoms with Gasteiger partial charge in [-0.2, -0.15) is 0 Å². The highest BCUT2D eigenvalue weighted by molar-refractivity contribution is 5.86. The number of aryl methyl sites for hydroxylation is 4. The van der Waals surface area contributed by atoms with Crippen molar-refractivity contribution >= 4 is 43.9 Å². The first-order valence-corrected chi connectivity index (χ1v) is 23.8. The topological polar surface area (TPSA) is 184 Å². The number of aromatic amines is 4. The smallest absolute Gasteiger partial charge is 0.336 e. The number of aromatic nitrogens is 4. The Labute approximate surface area is 408 Å². The standard InChI is InChI=1S/C60H44N4O8/c1-29-5-17-49-33(21-29)37(25-53(65)69-49)57-41-9-11-43(61-41)58(38-26-54(66)70-50-18-6-30(2)22-34(38)50)45-13-15-47(63-45)60(40-28-56(68)72-52-20-8-32(4)24-36(40)52)48-16-14-46(64-48)59(44-12-10-42(57)62-44)39-27-55(67)71-51-19-7-31(3)23-35(39)51/h5-28,57-64H,1-4H3. The Hall–Kier alpha value is -9.16. The van der Waals surface area contributed by atoms with Gasteiger partial charge in [-0.15, -0.1) is 0 Å². The SMILES string of the molecule is Cc1ccc2oc(=O)cc(C3c4ccc([nH]4)C(c4cc(=O)oc5ccc(C)cc45)c4ccc([nH]4)C(c4cc(=O)oc5ccc(C)cc45)c4ccc([nH]4)C(c4cc(=O)oc5ccc(C)cc45)c4ccc3[nH]4)c2c1. The lowest BCUT2D eigenvalue weighted by Gasteiger charge is -2.22. The summed E-state index contributed by atoms with van der Waals surface area (Å²) in [6.07, 6.45) is 0. The van der Waals surface area contributed by atoms with Crippen molar-refractivity contribution in [3.05, 3.63) is 277 Å². The van der Waals surface area contributed by atoms with Crippen LogP contribution in [-0.2, 0) is 0 Å². The zero-order chi connectivity index (χ0) is 49.1. The molecule has 4 aromatic carbocycles. The van der Waals surface area contributed by atoms with Crippen LogP contribution in [0, 0.1) is 27.7 Å². The normalized spacial score (nSPS) is 16.8. The van der Waals surface area contributed by atoms with E-state index in [9.17, 15) is 19.2 Å². The quantitative estimate of drug-likeness (QED) is 0.126. The average Bonchev–Trinajstić information content (AvgIpc) is 4.21. The fourth-order valence-electron chi connectivity index (χ4n) is 11.2. The molecule has 4 N–H and O–H groups in total. The minimum Gasteiger partial charge on any atom is -0.423 e. The van der Waals surface area contributed by atoms with Crippen LogP contribution in [0.3, 0.4) is 0 Å². The summed E-state index contributed by atoms with van der Waals surface area (Å²) in [5, 5.41) is 3.08. The van der Waals surface area contributed by atoms with E-state index >= 15 is 0 Å². The molecule has 13 rings (SSSR count). The molecular weight excluding hydrogens is 905 g/mol. The van der Waals surface area contributed by atoms with Gasteiger partial charge in [0, 0.05) is 91.4 Å². The average molecular weight is 949 g/mol. The number of rotatable bonds is 4. The summed E-state index contributed by atoms with van der Waals surface area (Å²) in [5.74, 6) is -2.34. The zero-order valence-electron chi connectivity index (χ0n) is 39.4. The van der Waals surface area contributed by atoms with Gasteiger partial charge in [-0.1, -0.05) is 46.5 Å². The van der Waals surface area contributed by atoms with E-state index in [-0.39, 0.29) is 0 Å². The van der Waals surface area contributed by atoms with Crippen molar-refractivity contribution in [1.82, 2.24) is 19.9 Å². The summed E-state index contributed by atoms with van der Waals surface area (Å²) in [7, 11) is 0. The number of benzene rings is 4. The van der Waals surface area contributed by atoms with Gasteiger partial charge in [0.25, 0.3) is 0 Å². The van der Waals surface area contributed by atoms with Gasteiger partial charge in [0.2, 0.25) is 0 Å². The van der Waals surface area contributed by atoms with Crippen LogP contribution in [0.1, 0.15) is 114 Å². The zero-order valence-corrected chi connectivity index (χ0v) is 39.4. The van der Waals surface area contributed by atoms with Gasteiger partial charge >= 0.3 is 22.5 Å². The van der Waals surface area contributed by atoms with Gasteiger partial charge in [-0.3, -0.25) is 0 Å². The summed E-state index contributed by atoms with van der Waals surface area (Å²) in [5.41, 5.74) is 12.7. The van der Waals surface area contributed by atoms with Gasteiger partial charge in [0.1, 0.15) is 22.3 Å². The summed E-state index contributed by atoms with van der Waals surface area (Å²) in [6, 6.07) is 45.5. The molecule has 0 aliphatic carbocycles. The summed E-state index contributed by atoms with van der Waals surface area (Å²) < 4.78 is 23.2. The maximum atomic E-state index is 13.6. The lowest BCUT2D eigenvalue weighted by molar-refractivity contribution is 0.557. The van der Waals surface area contributed by atoms with Crippen molar-refractivity contribution in [3.8, 4) is 0 Å². The monoisotopic (exact) mass is 948 g/mol. The van der Waals surface area contributed by atoms with Crippen molar-refractivity contribution in [2.45, 2.75) is 51.4 Å². The molecule has 72 heavy (non-hydrogen) atoms. The van der Waals surface area contributed by atoms with E-state index in [1.807, 2.05) is 149 Å². The first-order chi connectivity index (χ1) is 34.9. The largest absolute Gasteiger partial charge is 0.423 e. The lowest BCUT2D eigenvalue weighted by Crippen LogP contribution is -2.14. The van der Waals surface area contributed by atoms with Crippen LogP contribution < -0.4 is 22.5 Å². The fourth-order valence-corrected chi connectivity index (χ4v) is 11.2. The number of nitrogens with one attached hydrogen (secondary N) is 4. The number of H-pyrrole nitrogens is 4. The predicted octanol–water partition coefficient (Wildman–Crippen LogP) is 11.7. The van der Waals surface area contributed by atoms with Gasteiger partial charge < -0.3 is 37.6 Å². The molecule has 0 saturated heterocycles. The van der Waals surface area contributed by atoms with Crippen molar-refractivity contribution in [2.24, 2.45) is 0 Å². The molecule has 12 aromatic rings. The van der Waals surface area contributed by atoms with E-state index in [2.05, 4.69) is 19.9 Å². The second-order valence-corrected chi connectivity index (χ2v) is 19.3. The molecule has 0 spiro atoms. The Kier molecular flexibility index (Phi) is 9.66. The number of hydrogen-bond donors (Lipinski definition) is 4. The molecule has 12 heteroatoms. The molecule has 9 heterocycles. The van der Waals surface area contributed by atoms with Crippen LogP contribution in [0.25, 0.3) is 43.9 Å². The summed E-state index contributed by atoms with van der Waals surface area (Å²) in [4.78, 5) is 69.8. The molecule has 0 radical (unpaired) electrons. The van der Waals surface area contributed by atoms with Crippen LogP contribution in [-0.4, -0.2) is 19.9 Å². The van der Waals surface area contributed by atoms with E-state index in [0.717, 1.165) is 89.4 Å². The fraction of sp³-hybridized carbons (Fsp3) is 0.133. The molecule has 8 bridgehead atoms. The Morgan fingerprint density at radius 3 is 0.667 bits per heavy atom. The first kappa shape index (κ1) is 42.9. The van der Waals surface area contributed by atoms with Crippen LogP contribution in [0.4, 0.5) is 0 Å². The number of fused-ring (bicyclic) bond motifs is 12. The van der Waals surface area contributed by atoms with Gasteiger partial charge in [0.05, 0.1) is 23.7 Å². The first-order valence-electron chi connectivity index (χ1n) is 23.8. The van der Waals surface area contributed by atoms with Crippen molar-refractivity contribution in [1.29, 1.82) is 0 Å². The van der Waals surface area contributed by atoms with Crippen molar-refractivity contribution in [2.75, 3.05) is 0 Å². The highest BCUT2D eigenvalue weighted by atomic mass is 16.4.